The summed E-state index contributed by atoms with van der Waals surface area (Å²) in [5.41, 5.74) is 1.91. The molecule has 0 saturated carbocycles. The van der Waals surface area contributed by atoms with Crippen molar-refractivity contribution in [2.75, 3.05) is 11.9 Å². The van der Waals surface area contributed by atoms with Crippen molar-refractivity contribution in [1.29, 1.82) is 0 Å². The van der Waals surface area contributed by atoms with Crippen LogP contribution in [0.15, 0.2) is 11.4 Å². The van der Waals surface area contributed by atoms with E-state index in [1.807, 2.05) is 31.9 Å². The van der Waals surface area contributed by atoms with Gasteiger partial charge in [0.2, 0.25) is 5.28 Å². The van der Waals surface area contributed by atoms with Crippen LogP contribution in [0.3, 0.4) is 0 Å². The molecular formula is C11H13ClN4S. The topological polar surface area (TPSA) is 41.9 Å². The van der Waals surface area contributed by atoms with Gasteiger partial charge in [0.25, 0.3) is 0 Å². The van der Waals surface area contributed by atoms with Crippen LogP contribution in [0.5, 0.6) is 0 Å². The Kier molecular flexibility index (Phi) is 3.59. The predicted octanol–water partition coefficient (Wildman–Crippen LogP) is 2.84. The lowest BCUT2D eigenvalue weighted by Crippen LogP contribution is -2.18. The largest absolute Gasteiger partial charge is 0.354 e. The van der Waals surface area contributed by atoms with Crippen LogP contribution in [0.4, 0.5) is 5.82 Å². The standard InChI is InChI=1S/C11H13ClN4S/c1-7-4-10(15-11(12)13-7)16(3)5-9-6-17-8(2)14-9/h4,6H,5H2,1-3H3. The molecule has 6 heteroatoms. The monoisotopic (exact) mass is 268 g/mol. The van der Waals surface area contributed by atoms with Gasteiger partial charge in [-0.1, -0.05) is 0 Å². The fourth-order valence-corrected chi connectivity index (χ4v) is 2.34. The van der Waals surface area contributed by atoms with Gasteiger partial charge in [0, 0.05) is 24.2 Å². The SMILES string of the molecule is Cc1cc(N(C)Cc2csc(C)n2)nc(Cl)n1. The first kappa shape index (κ1) is 12.3. The number of rotatable bonds is 3. The maximum absolute atomic E-state index is 5.84. The van der Waals surface area contributed by atoms with Crippen LogP contribution in [0.2, 0.25) is 5.28 Å². The average Bonchev–Trinajstić information content (AvgIpc) is 2.62. The van der Waals surface area contributed by atoms with Crippen LogP contribution < -0.4 is 4.90 Å². The minimum atomic E-state index is 0.279. The number of hydrogen-bond acceptors (Lipinski definition) is 5. The average molecular weight is 269 g/mol. The first-order valence-corrected chi connectivity index (χ1v) is 6.43. The van der Waals surface area contributed by atoms with Crippen LogP contribution in [-0.4, -0.2) is 22.0 Å². The molecule has 2 aromatic rings. The third kappa shape index (κ3) is 3.14. The van der Waals surface area contributed by atoms with Crippen molar-refractivity contribution in [2.45, 2.75) is 20.4 Å². The molecule has 2 rings (SSSR count). The van der Waals surface area contributed by atoms with E-state index < -0.39 is 0 Å². The van der Waals surface area contributed by atoms with Crippen LogP contribution in [0.25, 0.3) is 0 Å². The summed E-state index contributed by atoms with van der Waals surface area (Å²) in [5, 5.41) is 3.41. The number of halogens is 1. The molecule has 0 aliphatic carbocycles. The molecule has 0 spiro atoms. The molecule has 0 radical (unpaired) electrons. The smallest absolute Gasteiger partial charge is 0.224 e. The number of hydrogen-bond donors (Lipinski definition) is 0. The van der Waals surface area contributed by atoms with E-state index in [1.54, 1.807) is 11.3 Å². The van der Waals surface area contributed by atoms with Gasteiger partial charge in [0.05, 0.1) is 17.2 Å². The van der Waals surface area contributed by atoms with E-state index in [9.17, 15) is 0 Å². The molecule has 0 atom stereocenters. The van der Waals surface area contributed by atoms with E-state index >= 15 is 0 Å². The predicted molar refractivity (Wildman–Crippen MR) is 70.7 cm³/mol. The molecule has 4 nitrogen and oxygen atoms in total. The lowest BCUT2D eigenvalue weighted by molar-refractivity contribution is 0.862. The fourth-order valence-electron chi connectivity index (χ4n) is 1.52. The Bertz CT molecular complexity index is 506. The molecule has 0 amide bonds. The maximum Gasteiger partial charge on any atom is 0.224 e. The van der Waals surface area contributed by atoms with Crippen molar-refractivity contribution in [3.8, 4) is 0 Å². The second-order valence-corrected chi connectivity index (χ2v) is 5.25. The normalized spacial score (nSPS) is 10.6. The third-order valence-corrected chi connectivity index (χ3v) is 3.26. The van der Waals surface area contributed by atoms with E-state index in [2.05, 4.69) is 20.3 Å². The molecule has 0 saturated heterocycles. The minimum Gasteiger partial charge on any atom is -0.354 e. The summed E-state index contributed by atoms with van der Waals surface area (Å²) in [6, 6.07) is 1.91. The van der Waals surface area contributed by atoms with Crippen molar-refractivity contribution in [3.63, 3.8) is 0 Å². The zero-order valence-corrected chi connectivity index (χ0v) is 11.5. The van der Waals surface area contributed by atoms with Gasteiger partial charge in [-0.05, 0) is 25.4 Å². The molecule has 0 unspecified atom stereocenters. The Balaban J connectivity index is 2.16. The summed E-state index contributed by atoms with van der Waals surface area (Å²) in [4.78, 5) is 14.7. The highest BCUT2D eigenvalue weighted by Gasteiger charge is 2.08. The number of anilines is 1. The third-order valence-electron chi connectivity index (χ3n) is 2.27. The molecule has 0 aromatic carbocycles. The summed E-state index contributed by atoms with van der Waals surface area (Å²) in [6.45, 7) is 4.62. The molecule has 90 valence electrons. The molecule has 0 aliphatic heterocycles. The Morgan fingerprint density at radius 3 is 2.65 bits per heavy atom. The molecule has 0 bridgehead atoms. The maximum atomic E-state index is 5.84. The zero-order chi connectivity index (χ0) is 12.4. The van der Waals surface area contributed by atoms with Gasteiger partial charge in [0.15, 0.2) is 0 Å². The Hall–Kier alpha value is -1.20. The van der Waals surface area contributed by atoms with Gasteiger partial charge in [-0.15, -0.1) is 11.3 Å². The Morgan fingerprint density at radius 2 is 2.06 bits per heavy atom. The van der Waals surface area contributed by atoms with E-state index in [0.717, 1.165) is 28.8 Å². The van der Waals surface area contributed by atoms with E-state index in [4.69, 9.17) is 11.6 Å². The second-order valence-electron chi connectivity index (χ2n) is 3.85. The van der Waals surface area contributed by atoms with Crippen molar-refractivity contribution >= 4 is 28.8 Å². The highest BCUT2D eigenvalue weighted by molar-refractivity contribution is 7.09. The van der Waals surface area contributed by atoms with E-state index in [-0.39, 0.29) is 5.28 Å². The molecule has 2 heterocycles. The van der Waals surface area contributed by atoms with Crippen LogP contribution >= 0.6 is 22.9 Å². The highest BCUT2D eigenvalue weighted by atomic mass is 35.5. The van der Waals surface area contributed by atoms with E-state index in [0.29, 0.717) is 0 Å². The summed E-state index contributed by atoms with van der Waals surface area (Å²) in [6.07, 6.45) is 0. The second kappa shape index (κ2) is 4.98. The summed E-state index contributed by atoms with van der Waals surface area (Å²) in [7, 11) is 1.97. The first-order valence-electron chi connectivity index (χ1n) is 5.18. The van der Waals surface area contributed by atoms with Gasteiger partial charge in [0.1, 0.15) is 5.82 Å². The lowest BCUT2D eigenvalue weighted by atomic mass is 10.4. The van der Waals surface area contributed by atoms with Gasteiger partial charge < -0.3 is 4.90 Å². The van der Waals surface area contributed by atoms with Gasteiger partial charge in [-0.25, -0.2) is 15.0 Å². The van der Waals surface area contributed by atoms with E-state index in [1.165, 1.54) is 0 Å². The van der Waals surface area contributed by atoms with Gasteiger partial charge in [-0.2, -0.15) is 0 Å². The zero-order valence-electron chi connectivity index (χ0n) is 9.94. The van der Waals surface area contributed by atoms with Gasteiger partial charge in [-0.3, -0.25) is 0 Å². The number of nitrogens with zero attached hydrogens (tertiary/aromatic N) is 4. The van der Waals surface area contributed by atoms with Crippen molar-refractivity contribution in [2.24, 2.45) is 0 Å². The quantitative estimate of drug-likeness (QED) is 0.803. The highest BCUT2D eigenvalue weighted by Crippen LogP contribution is 2.17. The number of aryl methyl sites for hydroxylation is 2. The molecule has 0 aliphatic rings. The van der Waals surface area contributed by atoms with Crippen LogP contribution in [0, 0.1) is 13.8 Å². The van der Waals surface area contributed by atoms with Crippen molar-refractivity contribution in [1.82, 2.24) is 15.0 Å². The Morgan fingerprint density at radius 1 is 1.29 bits per heavy atom. The Labute approximate surface area is 109 Å². The van der Waals surface area contributed by atoms with Gasteiger partial charge >= 0.3 is 0 Å². The minimum absolute atomic E-state index is 0.279. The van der Waals surface area contributed by atoms with Crippen molar-refractivity contribution in [3.05, 3.63) is 33.1 Å². The summed E-state index contributed by atoms with van der Waals surface area (Å²) < 4.78 is 0. The molecule has 0 fully saturated rings. The number of aromatic nitrogens is 3. The van der Waals surface area contributed by atoms with Crippen molar-refractivity contribution < 1.29 is 0 Å². The molecule has 17 heavy (non-hydrogen) atoms. The van der Waals surface area contributed by atoms with Crippen LogP contribution in [0.1, 0.15) is 16.4 Å². The molecule has 0 N–H and O–H groups in total. The first-order chi connectivity index (χ1) is 8.04. The molecule has 2 aromatic heterocycles. The molecular weight excluding hydrogens is 256 g/mol. The fraction of sp³-hybridized carbons (Fsp3) is 0.364. The number of thiazole rings is 1. The summed E-state index contributed by atoms with van der Waals surface area (Å²) >= 11 is 7.49. The van der Waals surface area contributed by atoms with Crippen LogP contribution in [-0.2, 0) is 6.54 Å². The summed E-state index contributed by atoms with van der Waals surface area (Å²) in [5.74, 6) is 0.813. The lowest BCUT2D eigenvalue weighted by Gasteiger charge is -2.17.